The predicted octanol–water partition coefficient (Wildman–Crippen LogP) is 1.79. The highest BCUT2D eigenvalue weighted by Gasteiger charge is 2.33. The molecule has 1 aromatic carbocycles. The topological polar surface area (TPSA) is 66.8 Å². The van der Waals surface area contributed by atoms with Gasteiger partial charge in [-0.25, -0.2) is 4.79 Å². The van der Waals surface area contributed by atoms with Gasteiger partial charge in [-0.15, -0.1) is 0 Å². The summed E-state index contributed by atoms with van der Waals surface area (Å²) in [4.78, 5) is 23.7. The number of amides is 1. The zero-order valence-electron chi connectivity index (χ0n) is 9.42. The van der Waals surface area contributed by atoms with Gasteiger partial charge < -0.3 is 14.7 Å². The van der Waals surface area contributed by atoms with E-state index in [1.54, 1.807) is 4.90 Å². The van der Waals surface area contributed by atoms with E-state index in [2.05, 4.69) is 4.74 Å². The van der Waals surface area contributed by atoms with E-state index in [1.807, 2.05) is 31.2 Å². The summed E-state index contributed by atoms with van der Waals surface area (Å²) in [5.74, 6) is -0.109. The van der Waals surface area contributed by atoms with Gasteiger partial charge in [-0.3, -0.25) is 4.79 Å². The SMILES string of the molecule is Cc1cccc(N2CC(OC(=O)O)CC2=O)c1. The van der Waals surface area contributed by atoms with Gasteiger partial charge in [-0.1, -0.05) is 12.1 Å². The van der Waals surface area contributed by atoms with Crippen LogP contribution in [0.2, 0.25) is 0 Å². The first-order chi connectivity index (χ1) is 8.06. The maximum Gasteiger partial charge on any atom is 0.506 e. The van der Waals surface area contributed by atoms with E-state index in [0.717, 1.165) is 11.3 Å². The Hall–Kier alpha value is -2.04. The number of nitrogens with zero attached hydrogens (tertiary/aromatic N) is 1. The first-order valence-electron chi connectivity index (χ1n) is 5.33. The second-order valence-corrected chi connectivity index (χ2v) is 4.05. The second-order valence-electron chi connectivity index (χ2n) is 4.05. The molecule has 1 saturated heterocycles. The smallest absolute Gasteiger partial charge is 0.450 e. The zero-order chi connectivity index (χ0) is 12.4. The number of benzene rings is 1. The van der Waals surface area contributed by atoms with E-state index in [9.17, 15) is 9.59 Å². The minimum atomic E-state index is -1.34. The van der Waals surface area contributed by atoms with E-state index < -0.39 is 12.3 Å². The van der Waals surface area contributed by atoms with Crippen molar-refractivity contribution in [1.29, 1.82) is 0 Å². The van der Waals surface area contributed by atoms with Gasteiger partial charge in [0.15, 0.2) is 0 Å². The molecule has 1 N–H and O–H groups in total. The van der Waals surface area contributed by atoms with Gasteiger partial charge >= 0.3 is 6.16 Å². The monoisotopic (exact) mass is 235 g/mol. The number of carbonyl (C=O) groups is 2. The van der Waals surface area contributed by atoms with Gasteiger partial charge in [-0.2, -0.15) is 0 Å². The number of carbonyl (C=O) groups excluding carboxylic acids is 1. The molecular formula is C12H13NO4. The lowest BCUT2D eigenvalue weighted by Crippen LogP contribution is -2.26. The molecule has 1 heterocycles. The molecule has 1 fully saturated rings. The number of ether oxygens (including phenoxy) is 1. The first kappa shape index (κ1) is 11.4. The van der Waals surface area contributed by atoms with Crippen molar-refractivity contribution < 1.29 is 19.4 Å². The largest absolute Gasteiger partial charge is 0.506 e. The summed E-state index contributed by atoms with van der Waals surface area (Å²) in [7, 11) is 0. The highest BCUT2D eigenvalue weighted by atomic mass is 16.7. The van der Waals surface area contributed by atoms with E-state index in [-0.39, 0.29) is 18.9 Å². The standard InChI is InChI=1S/C12H13NO4/c1-8-3-2-4-9(5-8)13-7-10(6-11(13)14)17-12(15)16/h2-5,10H,6-7H2,1H3,(H,15,16). The fraction of sp³-hybridized carbons (Fsp3) is 0.333. The van der Waals surface area contributed by atoms with E-state index >= 15 is 0 Å². The summed E-state index contributed by atoms with van der Waals surface area (Å²) in [6.07, 6.45) is -1.80. The summed E-state index contributed by atoms with van der Waals surface area (Å²) in [5, 5.41) is 8.51. The molecule has 0 aromatic heterocycles. The average molecular weight is 235 g/mol. The van der Waals surface area contributed by atoms with Crippen LogP contribution in [0.3, 0.4) is 0 Å². The maximum absolute atomic E-state index is 11.7. The van der Waals surface area contributed by atoms with Gasteiger partial charge in [-0.05, 0) is 24.6 Å². The molecule has 1 aliphatic rings. The van der Waals surface area contributed by atoms with Crippen LogP contribution in [0.5, 0.6) is 0 Å². The molecule has 2 rings (SSSR count). The summed E-state index contributed by atoms with van der Waals surface area (Å²) in [6, 6.07) is 7.52. The quantitative estimate of drug-likeness (QED) is 0.793. The lowest BCUT2D eigenvalue weighted by atomic mass is 10.2. The summed E-state index contributed by atoms with van der Waals surface area (Å²) in [5.41, 5.74) is 1.84. The normalized spacial score (nSPS) is 19.5. The van der Waals surface area contributed by atoms with Crippen LogP contribution in [0.1, 0.15) is 12.0 Å². The molecule has 0 spiro atoms. The average Bonchev–Trinajstić information content (AvgIpc) is 2.58. The molecule has 0 aliphatic carbocycles. The molecule has 0 radical (unpaired) electrons. The molecule has 5 nitrogen and oxygen atoms in total. The third-order valence-corrected chi connectivity index (χ3v) is 2.67. The van der Waals surface area contributed by atoms with Gasteiger partial charge in [0.05, 0.1) is 13.0 Å². The lowest BCUT2D eigenvalue weighted by molar-refractivity contribution is -0.117. The van der Waals surface area contributed by atoms with Crippen molar-refractivity contribution in [1.82, 2.24) is 0 Å². The predicted molar refractivity (Wildman–Crippen MR) is 61.0 cm³/mol. The summed E-state index contributed by atoms with van der Waals surface area (Å²) >= 11 is 0. The van der Waals surface area contributed by atoms with E-state index in [0.29, 0.717) is 0 Å². The Morgan fingerprint density at radius 3 is 2.94 bits per heavy atom. The Balaban J connectivity index is 2.13. The van der Waals surface area contributed by atoms with Crippen LogP contribution in [0.15, 0.2) is 24.3 Å². The molecule has 1 aromatic rings. The van der Waals surface area contributed by atoms with Crippen LogP contribution in [0.4, 0.5) is 10.5 Å². The Morgan fingerprint density at radius 1 is 1.53 bits per heavy atom. The number of hydrogen-bond acceptors (Lipinski definition) is 3. The minimum Gasteiger partial charge on any atom is -0.450 e. The maximum atomic E-state index is 11.7. The van der Waals surface area contributed by atoms with Gasteiger partial charge in [0.25, 0.3) is 0 Å². The third kappa shape index (κ3) is 2.55. The van der Waals surface area contributed by atoms with Gasteiger partial charge in [0.2, 0.25) is 5.91 Å². The van der Waals surface area contributed by atoms with Crippen LogP contribution < -0.4 is 4.90 Å². The highest BCUT2D eigenvalue weighted by molar-refractivity contribution is 5.96. The second kappa shape index (κ2) is 4.45. The van der Waals surface area contributed by atoms with E-state index in [4.69, 9.17) is 5.11 Å². The molecule has 0 bridgehead atoms. The molecule has 1 atom stereocenters. The molecule has 1 amide bonds. The van der Waals surface area contributed by atoms with Crippen molar-refractivity contribution in [2.75, 3.05) is 11.4 Å². The summed E-state index contributed by atoms with van der Waals surface area (Å²) < 4.78 is 4.62. The molecule has 1 aliphatic heterocycles. The Kier molecular flexibility index (Phi) is 2.99. The van der Waals surface area contributed by atoms with Crippen molar-refractivity contribution in [3.63, 3.8) is 0 Å². The van der Waals surface area contributed by atoms with Crippen LogP contribution in [0, 0.1) is 6.92 Å². The molecule has 5 heteroatoms. The number of anilines is 1. The Morgan fingerprint density at radius 2 is 2.29 bits per heavy atom. The molecule has 17 heavy (non-hydrogen) atoms. The highest BCUT2D eigenvalue weighted by Crippen LogP contribution is 2.23. The number of carboxylic acid groups (broad SMARTS) is 1. The summed E-state index contributed by atoms with van der Waals surface area (Å²) in [6.45, 7) is 2.23. The van der Waals surface area contributed by atoms with Crippen molar-refractivity contribution in [2.45, 2.75) is 19.4 Å². The molecule has 1 unspecified atom stereocenters. The minimum absolute atomic E-state index is 0.109. The first-order valence-corrected chi connectivity index (χ1v) is 5.33. The van der Waals surface area contributed by atoms with Crippen molar-refractivity contribution in [3.05, 3.63) is 29.8 Å². The van der Waals surface area contributed by atoms with Crippen LogP contribution in [-0.4, -0.2) is 29.8 Å². The molecular weight excluding hydrogens is 222 g/mol. The lowest BCUT2D eigenvalue weighted by Gasteiger charge is -2.16. The molecule has 0 saturated carbocycles. The van der Waals surface area contributed by atoms with Crippen molar-refractivity contribution >= 4 is 17.7 Å². The van der Waals surface area contributed by atoms with Crippen LogP contribution in [-0.2, 0) is 9.53 Å². The van der Waals surface area contributed by atoms with Crippen LogP contribution >= 0.6 is 0 Å². The van der Waals surface area contributed by atoms with Gasteiger partial charge in [0.1, 0.15) is 6.10 Å². The fourth-order valence-electron chi connectivity index (χ4n) is 1.94. The third-order valence-electron chi connectivity index (χ3n) is 2.67. The van der Waals surface area contributed by atoms with Crippen LogP contribution in [0.25, 0.3) is 0 Å². The number of aryl methyl sites for hydroxylation is 1. The Bertz CT molecular complexity index is 458. The van der Waals surface area contributed by atoms with Crippen molar-refractivity contribution in [3.8, 4) is 0 Å². The number of hydrogen-bond donors (Lipinski definition) is 1. The van der Waals surface area contributed by atoms with E-state index in [1.165, 1.54) is 0 Å². The molecule has 90 valence electrons. The zero-order valence-corrected chi connectivity index (χ0v) is 9.42. The Labute approximate surface area is 98.6 Å². The van der Waals surface area contributed by atoms with Gasteiger partial charge in [0, 0.05) is 5.69 Å². The fourth-order valence-corrected chi connectivity index (χ4v) is 1.94. The number of rotatable bonds is 2. The van der Waals surface area contributed by atoms with Crippen molar-refractivity contribution in [2.24, 2.45) is 0 Å².